The summed E-state index contributed by atoms with van der Waals surface area (Å²) in [6.07, 6.45) is 7.70. The van der Waals surface area contributed by atoms with Gasteiger partial charge in [-0.3, -0.25) is 0 Å². The molecule has 0 radical (unpaired) electrons. The zero-order valence-corrected chi connectivity index (χ0v) is 21.2. The van der Waals surface area contributed by atoms with Crippen molar-refractivity contribution in [1.82, 2.24) is 0 Å². The van der Waals surface area contributed by atoms with E-state index in [1.165, 1.54) is 35.5 Å². The Labute approximate surface area is 211 Å². The number of halogens is 1. The van der Waals surface area contributed by atoms with Crippen LogP contribution in [0.4, 0.5) is 4.39 Å². The van der Waals surface area contributed by atoms with Gasteiger partial charge in [-0.15, -0.1) is 0 Å². The highest BCUT2D eigenvalue weighted by molar-refractivity contribution is 7.97. The van der Waals surface area contributed by atoms with E-state index in [9.17, 15) is 0 Å². The van der Waals surface area contributed by atoms with E-state index in [2.05, 4.69) is 67.6 Å². The van der Waals surface area contributed by atoms with Gasteiger partial charge in [-0.25, -0.2) is 4.39 Å². The van der Waals surface area contributed by atoms with Gasteiger partial charge in [0, 0.05) is 12.0 Å². The number of hydrogen-bond donors (Lipinski definition) is 0. The van der Waals surface area contributed by atoms with Crippen LogP contribution in [0.1, 0.15) is 45.4 Å². The predicted octanol–water partition coefficient (Wildman–Crippen LogP) is 8.15. The zero-order valence-electron chi connectivity index (χ0n) is 20.4. The van der Waals surface area contributed by atoms with Crippen LogP contribution in [-0.4, -0.2) is 5.60 Å². The van der Waals surface area contributed by atoms with Gasteiger partial charge in [-0.1, -0.05) is 43.3 Å². The van der Waals surface area contributed by atoms with E-state index < -0.39 is 0 Å². The monoisotopic (exact) mass is 485 g/mol. The van der Waals surface area contributed by atoms with Crippen molar-refractivity contribution in [1.29, 1.82) is 0 Å². The van der Waals surface area contributed by atoms with Crippen LogP contribution < -0.4 is 4.74 Å². The fourth-order valence-electron chi connectivity index (χ4n) is 8.72. The van der Waals surface area contributed by atoms with E-state index in [-0.39, 0.29) is 22.3 Å². The highest BCUT2D eigenvalue weighted by Crippen LogP contribution is 2.70. The van der Waals surface area contributed by atoms with Crippen molar-refractivity contribution in [3.05, 3.63) is 84.7 Å². The first-order chi connectivity index (χ1) is 17.2. The van der Waals surface area contributed by atoms with Gasteiger partial charge in [0.2, 0.25) is 0 Å². The first-order valence-electron chi connectivity index (χ1n) is 13.5. The average Bonchev–Trinajstić information content (AvgIpc) is 3.68. The molecule has 35 heavy (non-hydrogen) atoms. The van der Waals surface area contributed by atoms with E-state index in [1.807, 2.05) is 12.1 Å². The molecule has 3 heteroatoms. The molecule has 0 spiro atoms. The van der Waals surface area contributed by atoms with Crippen LogP contribution >= 0.6 is 0 Å². The van der Waals surface area contributed by atoms with Gasteiger partial charge in [0.25, 0.3) is 0 Å². The molecule has 0 saturated heterocycles. The molecule has 4 aliphatic rings. The summed E-state index contributed by atoms with van der Waals surface area (Å²) < 4.78 is 22.2. The normalized spacial score (nSPS) is 34.5. The molecule has 4 fully saturated rings. The molecule has 0 amide bonds. The second kappa shape index (κ2) is 8.40. The predicted molar refractivity (Wildman–Crippen MR) is 139 cm³/mol. The minimum Gasteiger partial charge on any atom is -0.484 e. The van der Waals surface area contributed by atoms with E-state index in [0.29, 0.717) is 11.7 Å². The van der Waals surface area contributed by atoms with Gasteiger partial charge in [0.05, 0.1) is 10.9 Å². The summed E-state index contributed by atoms with van der Waals surface area (Å²) in [6, 6.07) is 26.8. The van der Waals surface area contributed by atoms with E-state index in [0.717, 1.165) is 47.3 Å². The molecule has 4 aliphatic carbocycles. The third kappa shape index (κ3) is 3.41. The van der Waals surface area contributed by atoms with Crippen LogP contribution in [0.25, 0.3) is 0 Å². The number of ether oxygens (including phenoxy) is 1. The van der Waals surface area contributed by atoms with Crippen LogP contribution in [0.2, 0.25) is 0 Å². The Morgan fingerprint density at radius 1 is 0.800 bits per heavy atom. The molecule has 3 aromatic rings. The van der Waals surface area contributed by atoms with Crippen LogP contribution in [-0.2, 0) is 10.9 Å². The molecule has 7 rings (SSSR count). The fourth-order valence-corrected chi connectivity index (χ4v) is 10.8. The summed E-state index contributed by atoms with van der Waals surface area (Å²) in [5, 5.41) is 0. The van der Waals surface area contributed by atoms with Crippen LogP contribution in [0, 0.1) is 41.3 Å². The third-order valence-corrected chi connectivity index (χ3v) is 12.1. The second-order valence-electron chi connectivity index (χ2n) is 11.3. The molecule has 0 aromatic heterocycles. The molecule has 7 atom stereocenters. The lowest BCUT2D eigenvalue weighted by Crippen LogP contribution is -2.48. The van der Waals surface area contributed by atoms with Crippen LogP contribution in [0.5, 0.6) is 5.75 Å². The first kappa shape index (κ1) is 22.0. The van der Waals surface area contributed by atoms with Crippen molar-refractivity contribution in [3.63, 3.8) is 0 Å². The Balaban J connectivity index is 1.25. The Morgan fingerprint density at radius 2 is 1.46 bits per heavy atom. The Bertz CT molecular complexity index is 1170. The zero-order chi connectivity index (χ0) is 23.6. The largest absolute Gasteiger partial charge is 0.484 e. The maximum atomic E-state index is 15.3. The van der Waals surface area contributed by atoms with E-state index >= 15 is 4.39 Å². The standard InChI is InChI=1S/C32H34FOS/c1-2-32(20-23-18-27(32)31-22-14-13-21(17-22)30(23)31)34-29-19-26(15-16-28(29)33)35(24-9-5-3-6-10-24)25-11-7-4-8-12-25/h3-12,15-16,19,21-23,27,30-31H,2,13-14,17-18,20H2,1H3/q+1. The summed E-state index contributed by atoms with van der Waals surface area (Å²) >= 11 is 0. The maximum absolute atomic E-state index is 15.3. The van der Waals surface area contributed by atoms with Crippen molar-refractivity contribution in [2.45, 2.75) is 65.7 Å². The number of fused-ring (bicyclic) bond motifs is 9. The SMILES string of the molecule is CCC1(Oc2cc([S+](c3ccccc3)c3ccccc3)ccc2F)CC2CC1C1C3CCC(C3)C21. The van der Waals surface area contributed by atoms with Crippen LogP contribution in [0.3, 0.4) is 0 Å². The number of hydrogen-bond acceptors (Lipinski definition) is 1. The molecule has 7 unspecified atom stereocenters. The van der Waals surface area contributed by atoms with Gasteiger partial charge < -0.3 is 4.74 Å². The van der Waals surface area contributed by atoms with Crippen LogP contribution in [0.15, 0.2) is 93.5 Å². The minimum absolute atomic E-state index is 0.201. The van der Waals surface area contributed by atoms with Gasteiger partial charge in [0.15, 0.2) is 26.3 Å². The molecule has 1 nitrogen and oxygen atoms in total. The van der Waals surface area contributed by atoms with Gasteiger partial charge >= 0.3 is 0 Å². The molecule has 0 aliphatic heterocycles. The average molecular weight is 486 g/mol. The quantitative estimate of drug-likeness (QED) is 0.253. The maximum Gasteiger partial charge on any atom is 0.170 e. The summed E-state index contributed by atoms with van der Waals surface area (Å²) in [6.45, 7) is 2.27. The Morgan fingerprint density at radius 3 is 2.11 bits per heavy atom. The van der Waals surface area contributed by atoms with Gasteiger partial charge in [0.1, 0.15) is 5.60 Å². The summed E-state index contributed by atoms with van der Waals surface area (Å²) in [4.78, 5) is 3.60. The van der Waals surface area contributed by atoms with E-state index in [1.54, 1.807) is 6.07 Å². The van der Waals surface area contributed by atoms with Gasteiger partial charge in [-0.05, 0) is 105 Å². The Kier molecular flexibility index (Phi) is 5.28. The topological polar surface area (TPSA) is 9.23 Å². The Hall–Kier alpha value is -2.26. The molecule has 0 heterocycles. The number of benzene rings is 3. The van der Waals surface area contributed by atoms with E-state index in [4.69, 9.17) is 4.74 Å². The molecular formula is C32H34FOS+. The molecule has 3 aromatic carbocycles. The molecule has 0 N–H and O–H groups in total. The molecular weight excluding hydrogens is 451 g/mol. The highest BCUT2D eigenvalue weighted by Gasteiger charge is 2.67. The van der Waals surface area contributed by atoms with Gasteiger partial charge in [-0.2, -0.15) is 0 Å². The van der Waals surface area contributed by atoms with Crippen molar-refractivity contribution < 1.29 is 9.13 Å². The van der Waals surface area contributed by atoms with Crippen molar-refractivity contribution in [2.75, 3.05) is 0 Å². The third-order valence-electron chi connectivity index (χ3n) is 9.90. The lowest BCUT2D eigenvalue weighted by Gasteiger charge is -2.46. The minimum atomic E-state index is -0.306. The lowest BCUT2D eigenvalue weighted by atomic mass is 9.65. The van der Waals surface area contributed by atoms with Crippen molar-refractivity contribution in [3.8, 4) is 5.75 Å². The number of rotatable bonds is 6. The first-order valence-corrected chi connectivity index (χ1v) is 14.7. The lowest BCUT2D eigenvalue weighted by molar-refractivity contribution is -0.0485. The van der Waals surface area contributed by atoms with Crippen molar-refractivity contribution in [2.24, 2.45) is 35.5 Å². The second-order valence-corrected chi connectivity index (χ2v) is 13.4. The fraction of sp³-hybridized carbons (Fsp3) is 0.438. The van der Waals surface area contributed by atoms with Crippen molar-refractivity contribution >= 4 is 10.9 Å². The smallest absolute Gasteiger partial charge is 0.170 e. The summed E-state index contributed by atoms with van der Waals surface area (Å²) in [7, 11) is -0.306. The molecule has 180 valence electrons. The summed E-state index contributed by atoms with van der Waals surface area (Å²) in [5.41, 5.74) is -0.201. The highest BCUT2D eigenvalue weighted by atomic mass is 32.2. The summed E-state index contributed by atoms with van der Waals surface area (Å²) in [5.74, 6) is 5.24. The molecule has 4 saturated carbocycles. The molecule has 4 bridgehead atoms.